The van der Waals surface area contributed by atoms with Crippen molar-refractivity contribution in [2.45, 2.75) is 5.60 Å². The third kappa shape index (κ3) is 2.70. The third-order valence-corrected chi connectivity index (χ3v) is 3.10. The Morgan fingerprint density at radius 1 is 0.955 bits per heavy atom. The van der Waals surface area contributed by atoms with Crippen molar-refractivity contribution in [3.63, 3.8) is 0 Å². The lowest BCUT2D eigenvalue weighted by molar-refractivity contribution is 0.172. The van der Waals surface area contributed by atoms with E-state index in [-0.39, 0.29) is 17.1 Å². The first-order chi connectivity index (χ1) is 10.5. The third-order valence-electron chi connectivity index (χ3n) is 3.10. The van der Waals surface area contributed by atoms with Crippen molar-refractivity contribution >= 4 is 0 Å². The zero-order valence-electron chi connectivity index (χ0n) is 11.5. The van der Waals surface area contributed by atoms with Gasteiger partial charge in [-0.2, -0.15) is 10.5 Å². The summed E-state index contributed by atoms with van der Waals surface area (Å²) >= 11 is 0. The van der Waals surface area contributed by atoms with Gasteiger partial charge >= 0.3 is 0 Å². The molecule has 5 heteroatoms. The summed E-state index contributed by atoms with van der Waals surface area (Å²) in [5.41, 5.74) is -1.43. The maximum Gasteiger partial charge on any atom is 0.254 e. The van der Waals surface area contributed by atoms with E-state index in [2.05, 4.69) is 6.58 Å². The number of hydrogen-bond acceptors (Lipinski definition) is 5. The SMILES string of the molecule is C=C(C#N)C(C#N)(Oc1ccc(O)cc1)c1ccc(O)cc1. The standard InChI is InChI=1S/C17H12N2O3/c1-12(10-18)17(11-19,13-2-4-14(20)5-3-13)22-16-8-6-15(21)7-9-16/h2-9,20-21H,1H2. The Morgan fingerprint density at radius 2 is 1.45 bits per heavy atom. The predicted octanol–water partition coefficient (Wildman–Crippen LogP) is 2.98. The van der Waals surface area contributed by atoms with Gasteiger partial charge in [-0.25, -0.2) is 0 Å². The van der Waals surface area contributed by atoms with Crippen LogP contribution in [0.2, 0.25) is 0 Å². The fourth-order valence-electron chi connectivity index (χ4n) is 1.92. The predicted molar refractivity (Wildman–Crippen MR) is 78.9 cm³/mol. The summed E-state index contributed by atoms with van der Waals surface area (Å²) in [6.45, 7) is 3.61. The van der Waals surface area contributed by atoms with Gasteiger partial charge in [-0.15, -0.1) is 0 Å². The van der Waals surface area contributed by atoms with E-state index in [4.69, 9.17) is 10.00 Å². The fraction of sp³-hybridized carbons (Fsp3) is 0.0588. The first-order valence-electron chi connectivity index (χ1n) is 6.30. The molecule has 0 aliphatic rings. The summed E-state index contributed by atoms with van der Waals surface area (Å²) in [6, 6.07) is 15.4. The Kier molecular flexibility index (Phi) is 4.01. The molecule has 0 aliphatic heterocycles. The van der Waals surface area contributed by atoms with Crippen LogP contribution in [0.5, 0.6) is 17.2 Å². The van der Waals surface area contributed by atoms with E-state index in [9.17, 15) is 15.5 Å². The van der Waals surface area contributed by atoms with Crippen LogP contribution in [0.1, 0.15) is 5.56 Å². The maximum absolute atomic E-state index is 9.62. The number of hydrogen-bond donors (Lipinski definition) is 2. The van der Waals surface area contributed by atoms with Crippen LogP contribution in [0.3, 0.4) is 0 Å². The summed E-state index contributed by atoms with van der Waals surface area (Å²) < 4.78 is 5.71. The van der Waals surface area contributed by atoms with Gasteiger partial charge in [0.2, 0.25) is 0 Å². The molecule has 1 atom stereocenters. The first kappa shape index (κ1) is 15.0. The van der Waals surface area contributed by atoms with Gasteiger partial charge in [0.05, 0.1) is 11.6 Å². The van der Waals surface area contributed by atoms with Crippen molar-refractivity contribution in [2.75, 3.05) is 0 Å². The van der Waals surface area contributed by atoms with Crippen LogP contribution in [0.15, 0.2) is 60.7 Å². The van der Waals surface area contributed by atoms with E-state index < -0.39 is 5.60 Å². The van der Waals surface area contributed by atoms with Crippen LogP contribution >= 0.6 is 0 Å². The van der Waals surface area contributed by atoms with Crippen molar-refractivity contribution < 1.29 is 14.9 Å². The largest absolute Gasteiger partial charge is 0.508 e. The molecule has 0 bridgehead atoms. The van der Waals surface area contributed by atoms with Crippen LogP contribution in [-0.4, -0.2) is 10.2 Å². The molecule has 0 amide bonds. The molecule has 0 saturated carbocycles. The number of phenolic OH excluding ortho intramolecular Hbond substituents is 2. The van der Waals surface area contributed by atoms with Crippen molar-refractivity contribution in [2.24, 2.45) is 0 Å². The van der Waals surface area contributed by atoms with Crippen LogP contribution < -0.4 is 4.74 Å². The minimum Gasteiger partial charge on any atom is -0.508 e. The number of aromatic hydroxyl groups is 2. The van der Waals surface area contributed by atoms with Crippen LogP contribution in [-0.2, 0) is 5.60 Å². The Hall–Kier alpha value is -3.44. The molecular formula is C17H12N2O3. The second-order valence-corrected chi connectivity index (χ2v) is 4.53. The average molecular weight is 292 g/mol. The number of benzene rings is 2. The maximum atomic E-state index is 9.62. The number of nitriles is 2. The summed E-state index contributed by atoms with van der Waals surface area (Å²) in [5.74, 6) is 0.380. The lowest BCUT2D eigenvalue weighted by Gasteiger charge is -2.27. The van der Waals surface area contributed by atoms with Gasteiger partial charge in [0.25, 0.3) is 5.60 Å². The molecule has 108 valence electrons. The molecule has 22 heavy (non-hydrogen) atoms. The number of nitrogens with zero attached hydrogens (tertiary/aromatic N) is 2. The topological polar surface area (TPSA) is 97.3 Å². The highest BCUT2D eigenvalue weighted by Gasteiger charge is 2.39. The van der Waals surface area contributed by atoms with Gasteiger partial charge in [-0.3, -0.25) is 0 Å². The number of ether oxygens (including phenoxy) is 1. The Balaban J connectivity index is 2.53. The highest BCUT2D eigenvalue weighted by molar-refractivity contribution is 5.48. The molecule has 1 unspecified atom stereocenters. The molecule has 2 aromatic rings. The summed E-state index contributed by atoms with van der Waals surface area (Å²) in [5, 5.41) is 37.5. The van der Waals surface area contributed by atoms with Gasteiger partial charge in [-0.05, 0) is 48.5 Å². The normalized spacial score (nSPS) is 12.5. The Labute approximate surface area is 127 Å². The highest BCUT2D eigenvalue weighted by Crippen LogP contribution is 2.35. The average Bonchev–Trinajstić information content (AvgIpc) is 2.54. The smallest absolute Gasteiger partial charge is 0.254 e. The zero-order valence-corrected chi connectivity index (χ0v) is 11.5. The zero-order chi connectivity index (χ0) is 16.2. The summed E-state index contributed by atoms with van der Waals surface area (Å²) in [4.78, 5) is 0. The molecule has 0 aliphatic carbocycles. The minimum atomic E-state index is -1.71. The second-order valence-electron chi connectivity index (χ2n) is 4.53. The van der Waals surface area contributed by atoms with Gasteiger partial charge in [-0.1, -0.05) is 6.58 Å². The second kappa shape index (κ2) is 5.90. The number of rotatable bonds is 4. The summed E-state index contributed by atoms with van der Waals surface area (Å²) in [7, 11) is 0. The molecule has 0 heterocycles. The van der Waals surface area contributed by atoms with Crippen LogP contribution in [0.4, 0.5) is 0 Å². The molecule has 0 aromatic heterocycles. The number of phenols is 2. The molecule has 0 spiro atoms. The lowest BCUT2D eigenvalue weighted by atomic mass is 9.88. The molecule has 0 radical (unpaired) electrons. The lowest BCUT2D eigenvalue weighted by Crippen LogP contribution is -2.33. The van der Waals surface area contributed by atoms with E-state index in [0.29, 0.717) is 11.3 Å². The molecular weight excluding hydrogens is 280 g/mol. The van der Waals surface area contributed by atoms with Crippen molar-refractivity contribution in [3.05, 3.63) is 66.2 Å². The summed E-state index contributed by atoms with van der Waals surface area (Å²) in [6.07, 6.45) is 0. The van der Waals surface area contributed by atoms with Crippen molar-refractivity contribution in [3.8, 4) is 29.4 Å². The molecule has 0 saturated heterocycles. The van der Waals surface area contributed by atoms with E-state index >= 15 is 0 Å². The van der Waals surface area contributed by atoms with Crippen molar-refractivity contribution in [1.82, 2.24) is 0 Å². The van der Waals surface area contributed by atoms with E-state index in [0.717, 1.165) is 0 Å². The van der Waals surface area contributed by atoms with E-state index in [1.165, 1.54) is 48.5 Å². The fourth-order valence-corrected chi connectivity index (χ4v) is 1.92. The Bertz CT molecular complexity index is 768. The minimum absolute atomic E-state index is 0.0304. The molecule has 2 aromatic carbocycles. The quantitative estimate of drug-likeness (QED) is 0.844. The van der Waals surface area contributed by atoms with Gasteiger partial charge in [0.15, 0.2) is 0 Å². The molecule has 2 N–H and O–H groups in total. The highest BCUT2D eigenvalue weighted by atomic mass is 16.5. The van der Waals surface area contributed by atoms with Gasteiger partial charge < -0.3 is 14.9 Å². The Morgan fingerprint density at radius 3 is 1.91 bits per heavy atom. The van der Waals surface area contributed by atoms with Gasteiger partial charge in [0, 0.05) is 5.56 Å². The van der Waals surface area contributed by atoms with Crippen molar-refractivity contribution in [1.29, 1.82) is 10.5 Å². The van der Waals surface area contributed by atoms with Crippen LogP contribution in [0.25, 0.3) is 0 Å². The van der Waals surface area contributed by atoms with E-state index in [1.54, 1.807) is 0 Å². The monoisotopic (exact) mass is 292 g/mol. The molecule has 2 rings (SSSR count). The molecule has 5 nitrogen and oxygen atoms in total. The first-order valence-corrected chi connectivity index (χ1v) is 6.30. The van der Waals surface area contributed by atoms with Gasteiger partial charge in [0.1, 0.15) is 23.3 Å². The molecule has 0 fully saturated rings. The van der Waals surface area contributed by atoms with Crippen LogP contribution in [0, 0.1) is 22.7 Å². The van der Waals surface area contributed by atoms with E-state index in [1.807, 2.05) is 12.1 Å².